The molecule has 20 heavy (non-hydrogen) atoms. The van der Waals surface area contributed by atoms with Crippen LogP contribution in [0.15, 0.2) is 0 Å². The van der Waals surface area contributed by atoms with Crippen molar-refractivity contribution in [2.24, 2.45) is 5.92 Å². The lowest BCUT2D eigenvalue weighted by molar-refractivity contribution is -0.135. The first-order valence-corrected chi connectivity index (χ1v) is 7.91. The van der Waals surface area contributed by atoms with Crippen LogP contribution in [-0.4, -0.2) is 60.4 Å². The number of nitrogens with zero attached hydrogens (tertiary/aromatic N) is 2. The second-order valence-corrected chi connectivity index (χ2v) is 6.05. The number of carbonyl (C=O) groups excluding carboxylic acids is 2. The van der Waals surface area contributed by atoms with Gasteiger partial charge in [-0.1, -0.05) is 13.8 Å². The number of carbonyl (C=O) groups is 2. The summed E-state index contributed by atoms with van der Waals surface area (Å²) in [5.41, 5.74) is 0. The zero-order valence-electron chi connectivity index (χ0n) is 12.7. The van der Waals surface area contributed by atoms with Gasteiger partial charge in [-0.25, -0.2) is 0 Å². The van der Waals surface area contributed by atoms with Gasteiger partial charge in [0.1, 0.15) is 0 Å². The summed E-state index contributed by atoms with van der Waals surface area (Å²) in [6.07, 6.45) is 3.53. The predicted molar refractivity (Wildman–Crippen MR) is 78.3 cm³/mol. The minimum atomic E-state index is -0.0211. The van der Waals surface area contributed by atoms with Crippen LogP contribution in [0.25, 0.3) is 0 Å². The summed E-state index contributed by atoms with van der Waals surface area (Å²) in [5, 5.41) is 3.34. The lowest BCUT2D eigenvalue weighted by Gasteiger charge is -2.31. The Balaban J connectivity index is 1.89. The molecule has 2 aliphatic rings. The van der Waals surface area contributed by atoms with Crippen molar-refractivity contribution in [1.82, 2.24) is 15.1 Å². The minimum Gasteiger partial charge on any atom is -0.341 e. The molecule has 2 fully saturated rings. The van der Waals surface area contributed by atoms with Gasteiger partial charge in [0.05, 0.1) is 6.04 Å². The molecule has 2 amide bonds. The van der Waals surface area contributed by atoms with Gasteiger partial charge in [0.2, 0.25) is 11.8 Å². The Morgan fingerprint density at radius 3 is 2.55 bits per heavy atom. The largest absolute Gasteiger partial charge is 0.341 e. The predicted octanol–water partition coefficient (Wildman–Crippen LogP) is 0.845. The van der Waals surface area contributed by atoms with Crippen LogP contribution in [0.3, 0.4) is 0 Å². The molecule has 2 unspecified atom stereocenters. The van der Waals surface area contributed by atoms with Crippen LogP contribution in [0.2, 0.25) is 0 Å². The van der Waals surface area contributed by atoms with Crippen LogP contribution in [0.4, 0.5) is 0 Å². The average Bonchev–Trinajstić information content (AvgIpc) is 2.71. The molecule has 2 saturated heterocycles. The molecule has 2 heterocycles. The van der Waals surface area contributed by atoms with Gasteiger partial charge in [-0.3, -0.25) is 9.59 Å². The Morgan fingerprint density at radius 1 is 1.15 bits per heavy atom. The summed E-state index contributed by atoms with van der Waals surface area (Å²) in [6, 6.07) is -0.0211. The Morgan fingerprint density at radius 2 is 1.85 bits per heavy atom. The molecule has 5 heteroatoms. The molecular weight excluding hydrogens is 254 g/mol. The zero-order valence-corrected chi connectivity index (χ0v) is 12.7. The molecule has 2 rings (SSSR count). The maximum Gasteiger partial charge on any atom is 0.239 e. The van der Waals surface area contributed by atoms with Crippen LogP contribution in [0, 0.1) is 5.92 Å². The lowest BCUT2D eigenvalue weighted by atomic mass is 9.93. The first-order chi connectivity index (χ1) is 9.61. The van der Waals surface area contributed by atoms with Gasteiger partial charge in [-0.2, -0.15) is 0 Å². The minimum absolute atomic E-state index is 0.0211. The first kappa shape index (κ1) is 15.3. The fourth-order valence-corrected chi connectivity index (χ4v) is 3.13. The molecule has 0 aromatic rings. The van der Waals surface area contributed by atoms with E-state index in [0.717, 1.165) is 38.9 Å². The third kappa shape index (κ3) is 3.72. The Hall–Kier alpha value is -1.10. The summed E-state index contributed by atoms with van der Waals surface area (Å²) in [7, 11) is 0. The lowest BCUT2D eigenvalue weighted by Crippen LogP contribution is -2.50. The molecule has 5 nitrogen and oxygen atoms in total. The monoisotopic (exact) mass is 281 g/mol. The van der Waals surface area contributed by atoms with Gasteiger partial charge in [0, 0.05) is 32.6 Å². The van der Waals surface area contributed by atoms with Crippen LogP contribution in [0.1, 0.15) is 39.5 Å². The molecule has 0 aliphatic carbocycles. The second-order valence-electron chi connectivity index (χ2n) is 6.05. The van der Waals surface area contributed by atoms with Gasteiger partial charge in [-0.15, -0.1) is 0 Å². The molecule has 0 bridgehead atoms. The topological polar surface area (TPSA) is 52.7 Å². The third-order valence-electron chi connectivity index (χ3n) is 4.43. The fraction of sp³-hybridized carbons (Fsp3) is 0.867. The highest BCUT2D eigenvalue weighted by atomic mass is 16.2. The number of nitrogens with one attached hydrogen (secondary N) is 1. The molecular formula is C15H27N3O2. The average molecular weight is 281 g/mol. The maximum atomic E-state index is 12.6. The van der Waals surface area contributed by atoms with E-state index >= 15 is 0 Å². The number of amides is 2. The summed E-state index contributed by atoms with van der Waals surface area (Å²) in [4.78, 5) is 28.1. The van der Waals surface area contributed by atoms with Gasteiger partial charge in [0.15, 0.2) is 0 Å². The standard InChI is InChI=1S/C15H27N3O2/c1-3-14(19)17-7-4-8-18(10-9-17)15(20)13-11-12(2)5-6-16-13/h12-13,16H,3-11H2,1-2H3. The molecule has 0 aromatic heterocycles. The third-order valence-corrected chi connectivity index (χ3v) is 4.43. The van der Waals surface area contributed by atoms with E-state index < -0.39 is 0 Å². The second kappa shape index (κ2) is 7.07. The van der Waals surface area contributed by atoms with Crippen LogP contribution < -0.4 is 5.32 Å². The Kier molecular flexibility index (Phi) is 5.40. The van der Waals surface area contributed by atoms with E-state index in [2.05, 4.69) is 12.2 Å². The van der Waals surface area contributed by atoms with E-state index in [-0.39, 0.29) is 17.9 Å². The smallest absolute Gasteiger partial charge is 0.239 e. The molecule has 0 radical (unpaired) electrons. The van der Waals surface area contributed by atoms with Gasteiger partial charge < -0.3 is 15.1 Å². The van der Waals surface area contributed by atoms with E-state index in [9.17, 15) is 9.59 Å². The molecule has 114 valence electrons. The van der Waals surface area contributed by atoms with E-state index in [4.69, 9.17) is 0 Å². The molecule has 0 spiro atoms. The first-order valence-electron chi connectivity index (χ1n) is 7.91. The van der Waals surface area contributed by atoms with Crippen molar-refractivity contribution < 1.29 is 9.59 Å². The van der Waals surface area contributed by atoms with Crippen molar-refractivity contribution >= 4 is 11.8 Å². The maximum absolute atomic E-state index is 12.6. The Bertz CT molecular complexity index is 359. The van der Waals surface area contributed by atoms with Crippen LogP contribution in [0.5, 0.6) is 0 Å². The van der Waals surface area contributed by atoms with Gasteiger partial charge in [-0.05, 0) is 31.7 Å². The zero-order chi connectivity index (χ0) is 14.5. The highest BCUT2D eigenvalue weighted by Gasteiger charge is 2.29. The number of hydrogen-bond acceptors (Lipinski definition) is 3. The van der Waals surface area contributed by atoms with Crippen LogP contribution in [-0.2, 0) is 9.59 Å². The Labute approximate surface area is 121 Å². The quantitative estimate of drug-likeness (QED) is 0.816. The molecule has 2 atom stereocenters. The summed E-state index contributed by atoms with van der Waals surface area (Å²) in [5.74, 6) is 1.04. The molecule has 1 N–H and O–H groups in total. The van der Waals surface area contributed by atoms with Gasteiger partial charge in [0.25, 0.3) is 0 Å². The van der Waals surface area contributed by atoms with E-state index in [1.165, 1.54) is 0 Å². The summed E-state index contributed by atoms with van der Waals surface area (Å²) in [6.45, 7) is 7.96. The molecule has 2 aliphatic heterocycles. The van der Waals surface area contributed by atoms with Crippen LogP contribution >= 0.6 is 0 Å². The van der Waals surface area contributed by atoms with Crippen molar-refractivity contribution in [2.75, 3.05) is 32.7 Å². The molecule has 0 aromatic carbocycles. The SMILES string of the molecule is CCC(=O)N1CCCN(C(=O)C2CC(C)CCN2)CC1. The highest BCUT2D eigenvalue weighted by Crippen LogP contribution is 2.17. The van der Waals surface area contributed by atoms with Gasteiger partial charge >= 0.3 is 0 Å². The summed E-state index contributed by atoms with van der Waals surface area (Å²) >= 11 is 0. The number of hydrogen-bond donors (Lipinski definition) is 1. The van der Waals surface area contributed by atoms with Crippen molar-refractivity contribution in [3.8, 4) is 0 Å². The van der Waals surface area contributed by atoms with E-state index in [1.54, 1.807) is 0 Å². The van der Waals surface area contributed by atoms with Crippen molar-refractivity contribution in [3.05, 3.63) is 0 Å². The van der Waals surface area contributed by atoms with Crippen molar-refractivity contribution in [3.63, 3.8) is 0 Å². The van der Waals surface area contributed by atoms with E-state index in [1.807, 2.05) is 16.7 Å². The normalized spacial score (nSPS) is 28.1. The summed E-state index contributed by atoms with van der Waals surface area (Å²) < 4.78 is 0. The highest BCUT2D eigenvalue weighted by molar-refractivity contribution is 5.82. The van der Waals surface area contributed by atoms with E-state index in [0.29, 0.717) is 25.4 Å². The van der Waals surface area contributed by atoms with Crippen molar-refractivity contribution in [2.45, 2.75) is 45.6 Å². The number of rotatable bonds is 2. The van der Waals surface area contributed by atoms with Crippen molar-refractivity contribution in [1.29, 1.82) is 0 Å². The number of piperidine rings is 1. The fourth-order valence-electron chi connectivity index (χ4n) is 3.13. The molecule has 0 saturated carbocycles.